The van der Waals surface area contributed by atoms with Crippen LogP contribution in [0.15, 0.2) is 0 Å². The highest BCUT2D eigenvalue weighted by molar-refractivity contribution is 5.77. The van der Waals surface area contributed by atoms with Crippen molar-refractivity contribution in [2.24, 2.45) is 0 Å². The van der Waals surface area contributed by atoms with E-state index in [2.05, 4.69) is 13.8 Å². The highest BCUT2D eigenvalue weighted by Crippen LogP contribution is 2.10. The van der Waals surface area contributed by atoms with Gasteiger partial charge in [0.15, 0.2) is 0 Å². The third-order valence-electron chi connectivity index (χ3n) is 3.83. The maximum absolute atomic E-state index is 11.1. The summed E-state index contributed by atoms with van der Waals surface area (Å²) >= 11 is 0. The Morgan fingerprint density at radius 3 is 1.45 bits per heavy atom. The van der Waals surface area contributed by atoms with Gasteiger partial charge >= 0.3 is 0 Å². The molecule has 2 saturated heterocycles. The fourth-order valence-electron chi connectivity index (χ4n) is 2.74. The summed E-state index contributed by atoms with van der Waals surface area (Å²) in [5, 5.41) is 0. The van der Waals surface area contributed by atoms with Crippen LogP contribution in [-0.4, -0.2) is 47.8 Å². The Bertz CT molecular complexity index is 271. The lowest BCUT2D eigenvalue weighted by molar-refractivity contribution is -0.134. The fourth-order valence-corrected chi connectivity index (χ4v) is 2.74. The van der Waals surface area contributed by atoms with Gasteiger partial charge < -0.3 is 9.80 Å². The quantitative estimate of drug-likeness (QED) is 0.795. The Morgan fingerprint density at radius 1 is 0.750 bits per heavy atom. The SMILES string of the molecule is CCCN1CCCCC1=O.CCCN1CCCCC1=O. The number of hydrogen-bond donors (Lipinski definition) is 0. The average Bonchev–Trinajstić information content (AvgIpc) is 2.45. The first-order valence-corrected chi connectivity index (χ1v) is 8.24. The summed E-state index contributed by atoms with van der Waals surface area (Å²) in [7, 11) is 0. The van der Waals surface area contributed by atoms with E-state index in [0.717, 1.165) is 64.7 Å². The zero-order chi connectivity index (χ0) is 14.8. The van der Waals surface area contributed by atoms with Crippen molar-refractivity contribution in [2.45, 2.75) is 65.2 Å². The van der Waals surface area contributed by atoms with Crippen LogP contribution in [0.2, 0.25) is 0 Å². The number of nitrogens with zero attached hydrogens (tertiary/aromatic N) is 2. The lowest BCUT2D eigenvalue weighted by atomic mass is 10.1. The summed E-state index contributed by atoms with van der Waals surface area (Å²) in [6.07, 6.45) is 8.33. The van der Waals surface area contributed by atoms with E-state index in [0.29, 0.717) is 11.8 Å². The molecule has 0 atom stereocenters. The Kier molecular flexibility index (Phi) is 8.31. The molecule has 0 bridgehead atoms. The molecule has 2 aliphatic heterocycles. The van der Waals surface area contributed by atoms with Crippen molar-refractivity contribution in [1.82, 2.24) is 9.80 Å². The van der Waals surface area contributed by atoms with E-state index in [1.807, 2.05) is 9.80 Å². The van der Waals surface area contributed by atoms with Crippen LogP contribution in [-0.2, 0) is 9.59 Å². The maximum Gasteiger partial charge on any atom is 0.222 e. The molecule has 0 unspecified atom stereocenters. The van der Waals surface area contributed by atoms with Crippen LogP contribution in [0.4, 0.5) is 0 Å². The zero-order valence-corrected chi connectivity index (χ0v) is 13.2. The van der Waals surface area contributed by atoms with Crippen molar-refractivity contribution in [3.63, 3.8) is 0 Å². The average molecular weight is 282 g/mol. The summed E-state index contributed by atoms with van der Waals surface area (Å²) in [6.45, 7) is 8.13. The second kappa shape index (κ2) is 9.78. The van der Waals surface area contributed by atoms with Crippen molar-refractivity contribution < 1.29 is 9.59 Å². The standard InChI is InChI=1S/2C8H15NO/c2*1-2-6-9-7-4-3-5-8(9)10/h2*2-7H2,1H3. The van der Waals surface area contributed by atoms with Gasteiger partial charge in [-0.05, 0) is 38.5 Å². The third-order valence-corrected chi connectivity index (χ3v) is 3.83. The van der Waals surface area contributed by atoms with Crippen LogP contribution in [0.1, 0.15) is 65.2 Å². The summed E-state index contributed by atoms with van der Waals surface area (Å²) in [6, 6.07) is 0. The van der Waals surface area contributed by atoms with Crippen LogP contribution in [0.3, 0.4) is 0 Å². The summed E-state index contributed by atoms with van der Waals surface area (Å²) in [4.78, 5) is 26.2. The largest absolute Gasteiger partial charge is 0.343 e. The number of likely N-dealkylation sites (tertiary alicyclic amines) is 2. The molecule has 2 rings (SSSR count). The Balaban J connectivity index is 0.000000200. The Hall–Kier alpha value is -1.06. The molecule has 2 fully saturated rings. The van der Waals surface area contributed by atoms with Crippen molar-refractivity contribution in [3.8, 4) is 0 Å². The molecule has 116 valence electrons. The number of rotatable bonds is 4. The molecular formula is C16H30N2O2. The van der Waals surface area contributed by atoms with Crippen molar-refractivity contribution in [3.05, 3.63) is 0 Å². The molecular weight excluding hydrogens is 252 g/mol. The van der Waals surface area contributed by atoms with Crippen molar-refractivity contribution in [2.75, 3.05) is 26.2 Å². The van der Waals surface area contributed by atoms with Crippen LogP contribution in [0.5, 0.6) is 0 Å². The molecule has 20 heavy (non-hydrogen) atoms. The minimum absolute atomic E-state index is 0.355. The van der Waals surface area contributed by atoms with Gasteiger partial charge in [-0.25, -0.2) is 0 Å². The second-order valence-electron chi connectivity index (χ2n) is 5.68. The van der Waals surface area contributed by atoms with Gasteiger partial charge in [-0.15, -0.1) is 0 Å². The molecule has 4 heteroatoms. The zero-order valence-electron chi connectivity index (χ0n) is 13.2. The molecule has 0 spiro atoms. The Morgan fingerprint density at radius 2 is 1.15 bits per heavy atom. The minimum Gasteiger partial charge on any atom is -0.343 e. The lowest BCUT2D eigenvalue weighted by Gasteiger charge is -2.25. The molecule has 2 heterocycles. The van der Waals surface area contributed by atoms with Crippen LogP contribution < -0.4 is 0 Å². The summed E-state index contributed by atoms with van der Waals surface area (Å²) < 4.78 is 0. The summed E-state index contributed by atoms with van der Waals surface area (Å²) in [5.41, 5.74) is 0. The molecule has 2 amide bonds. The Labute approximate surface area is 123 Å². The van der Waals surface area contributed by atoms with Crippen LogP contribution in [0.25, 0.3) is 0 Å². The van der Waals surface area contributed by atoms with Gasteiger partial charge in [0.1, 0.15) is 0 Å². The van der Waals surface area contributed by atoms with Gasteiger partial charge in [0.05, 0.1) is 0 Å². The first-order valence-electron chi connectivity index (χ1n) is 8.24. The van der Waals surface area contributed by atoms with E-state index >= 15 is 0 Å². The monoisotopic (exact) mass is 282 g/mol. The number of carbonyl (C=O) groups is 2. The number of hydrogen-bond acceptors (Lipinski definition) is 2. The van der Waals surface area contributed by atoms with E-state index < -0.39 is 0 Å². The topological polar surface area (TPSA) is 40.6 Å². The van der Waals surface area contributed by atoms with E-state index in [-0.39, 0.29) is 0 Å². The first-order chi connectivity index (χ1) is 9.69. The molecule has 0 radical (unpaired) electrons. The molecule has 2 aliphatic rings. The molecule has 0 saturated carbocycles. The maximum atomic E-state index is 11.1. The molecule has 4 nitrogen and oxygen atoms in total. The lowest BCUT2D eigenvalue weighted by Crippen LogP contribution is -2.35. The van der Waals surface area contributed by atoms with Gasteiger partial charge in [-0.2, -0.15) is 0 Å². The van der Waals surface area contributed by atoms with Crippen molar-refractivity contribution >= 4 is 11.8 Å². The predicted molar refractivity (Wildman–Crippen MR) is 81.4 cm³/mol. The summed E-state index contributed by atoms with van der Waals surface area (Å²) in [5.74, 6) is 0.709. The second-order valence-corrected chi connectivity index (χ2v) is 5.68. The minimum atomic E-state index is 0.355. The predicted octanol–water partition coefficient (Wildman–Crippen LogP) is 2.82. The van der Waals surface area contributed by atoms with E-state index in [9.17, 15) is 9.59 Å². The van der Waals surface area contributed by atoms with Crippen LogP contribution in [0, 0.1) is 0 Å². The van der Waals surface area contributed by atoms with Crippen LogP contribution >= 0.6 is 0 Å². The number of amides is 2. The van der Waals surface area contributed by atoms with E-state index in [4.69, 9.17) is 0 Å². The smallest absolute Gasteiger partial charge is 0.222 e. The number of carbonyl (C=O) groups excluding carboxylic acids is 2. The molecule has 0 aromatic carbocycles. The van der Waals surface area contributed by atoms with Gasteiger partial charge in [0.2, 0.25) is 11.8 Å². The molecule has 0 aliphatic carbocycles. The van der Waals surface area contributed by atoms with E-state index in [1.54, 1.807) is 0 Å². The van der Waals surface area contributed by atoms with Gasteiger partial charge in [-0.1, -0.05) is 13.8 Å². The molecule has 0 N–H and O–H groups in total. The molecule has 0 aromatic rings. The fraction of sp³-hybridized carbons (Fsp3) is 0.875. The normalized spacial score (nSPS) is 19.7. The number of piperidine rings is 2. The van der Waals surface area contributed by atoms with Gasteiger partial charge in [0.25, 0.3) is 0 Å². The highest BCUT2D eigenvalue weighted by Gasteiger charge is 2.16. The van der Waals surface area contributed by atoms with E-state index in [1.165, 1.54) is 12.8 Å². The van der Waals surface area contributed by atoms with Gasteiger partial charge in [-0.3, -0.25) is 9.59 Å². The third kappa shape index (κ3) is 5.93. The first kappa shape index (κ1) is 17.0. The van der Waals surface area contributed by atoms with Gasteiger partial charge in [0, 0.05) is 39.0 Å². The highest BCUT2D eigenvalue weighted by atomic mass is 16.2. The van der Waals surface area contributed by atoms with Crippen molar-refractivity contribution in [1.29, 1.82) is 0 Å². The molecule has 0 aromatic heterocycles.